The largest absolute Gasteiger partial charge is 0.492 e. The van der Waals surface area contributed by atoms with Crippen LogP contribution >= 0.6 is 0 Å². The van der Waals surface area contributed by atoms with Crippen molar-refractivity contribution < 1.29 is 23.8 Å². The molecule has 0 fully saturated rings. The molecule has 7 heteroatoms. The Kier molecular flexibility index (Phi) is 7.31. The lowest BCUT2D eigenvalue weighted by Gasteiger charge is -2.17. The smallest absolute Gasteiger partial charge is 0.415 e. The molecule has 1 amide bonds. The van der Waals surface area contributed by atoms with Gasteiger partial charge in [-0.1, -0.05) is 12.1 Å². The van der Waals surface area contributed by atoms with E-state index < -0.39 is 6.09 Å². The van der Waals surface area contributed by atoms with Gasteiger partial charge in [-0.25, -0.2) is 4.79 Å². The quantitative estimate of drug-likeness (QED) is 0.595. The third-order valence-electron chi connectivity index (χ3n) is 4.85. The van der Waals surface area contributed by atoms with Gasteiger partial charge in [0.1, 0.15) is 23.9 Å². The molecule has 0 radical (unpaired) electrons. The molecule has 1 aliphatic heterocycles. The van der Waals surface area contributed by atoms with Crippen molar-refractivity contribution in [1.82, 2.24) is 9.80 Å². The molecule has 0 aromatic heterocycles. The number of carbonyl (C=O) groups is 2. The third kappa shape index (κ3) is 5.64. The number of Topliss-reactive ketones (excluding diaryl/α,β-unsaturated/α-hetero) is 1. The van der Waals surface area contributed by atoms with Gasteiger partial charge in [-0.15, -0.1) is 0 Å². The van der Waals surface area contributed by atoms with E-state index >= 15 is 0 Å². The van der Waals surface area contributed by atoms with Crippen LogP contribution in [0.3, 0.4) is 0 Å². The van der Waals surface area contributed by atoms with Crippen LogP contribution in [0.4, 0.5) is 4.79 Å². The molecular formula is C24H28N2O5. The fourth-order valence-electron chi connectivity index (χ4n) is 3.04. The number of likely N-dealkylation sites (N-methyl/N-ethyl adjacent to an activating group) is 1. The first-order valence-electron chi connectivity index (χ1n) is 10.3. The molecule has 3 rings (SSSR count). The van der Waals surface area contributed by atoms with Crippen LogP contribution in [0.15, 0.2) is 48.2 Å². The van der Waals surface area contributed by atoms with Crippen molar-refractivity contribution in [3.8, 4) is 17.2 Å². The van der Waals surface area contributed by atoms with Gasteiger partial charge in [0.25, 0.3) is 0 Å². The van der Waals surface area contributed by atoms with Gasteiger partial charge >= 0.3 is 6.09 Å². The molecule has 164 valence electrons. The normalized spacial score (nSPS) is 13.8. The van der Waals surface area contributed by atoms with E-state index in [4.69, 9.17) is 14.2 Å². The molecule has 2 aromatic carbocycles. The van der Waals surface area contributed by atoms with Crippen LogP contribution in [-0.4, -0.2) is 62.0 Å². The number of rotatable bonds is 8. The molecule has 0 N–H and O–H groups in total. The Morgan fingerprint density at radius 3 is 2.35 bits per heavy atom. The summed E-state index contributed by atoms with van der Waals surface area (Å²) in [6.07, 6.45) is 1.26. The van der Waals surface area contributed by atoms with E-state index in [1.807, 2.05) is 52.2 Å². The van der Waals surface area contributed by atoms with Gasteiger partial charge in [0.05, 0.1) is 5.56 Å². The van der Waals surface area contributed by atoms with E-state index in [0.717, 1.165) is 17.9 Å². The SMILES string of the molecule is CCN(CC)C(=O)Oc1ccc2c(c1)O/C(=C\c1ccc(OCCN(C)C)cc1)C2=O. The highest BCUT2D eigenvalue weighted by atomic mass is 16.6. The van der Waals surface area contributed by atoms with Gasteiger partial charge in [-0.3, -0.25) is 4.79 Å². The van der Waals surface area contributed by atoms with Crippen molar-refractivity contribution in [1.29, 1.82) is 0 Å². The Labute approximate surface area is 182 Å². The summed E-state index contributed by atoms with van der Waals surface area (Å²) in [5, 5.41) is 0. The monoisotopic (exact) mass is 424 g/mol. The zero-order chi connectivity index (χ0) is 22.4. The average Bonchev–Trinajstić information content (AvgIpc) is 3.04. The lowest BCUT2D eigenvalue weighted by Crippen LogP contribution is -2.33. The summed E-state index contributed by atoms with van der Waals surface area (Å²) in [7, 11) is 3.99. The Balaban J connectivity index is 1.67. The van der Waals surface area contributed by atoms with Gasteiger partial charge in [0, 0.05) is 25.7 Å². The van der Waals surface area contributed by atoms with E-state index in [-0.39, 0.29) is 11.5 Å². The number of hydrogen-bond donors (Lipinski definition) is 0. The zero-order valence-corrected chi connectivity index (χ0v) is 18.4. The molecule has 0 atom stereocenters. The number of nitrogens with zero attached hydrogens (tertiary/aromatic N) is 2. The number of fused-ring (bicyclic) bond motifs is 1. The molecule has 1 aliphatic rings. The molecule has 0 aliphatic carbocycles. The van der Waals surface area contributed by atoms with Crippen molar-refractivity contribution in [2.45, 2.75) is 13.8 Å². The van der Waals surface area contributed by atoms with E-state index in [1.165, 1.54) is 0 Å². The predicted octanol–water partition coefficient (Wildman–Crippen LogP) is 4.08. The van der Waals surface area contributed by atoms with E-state index in [1.54, 1.807) is 29.2 Å². The minimum Gasteiger partial charge on any atom is -0.492 e. The van der Waals surface area contributed by atoms with Gasteiger partial charge in [0.2, 0.25) is 5.78 Å². The second-order valence-corrected chi connectivity index (χ2v) is 7.36. The van der Waals surface area contributed by atoms with Crippen LogP contribution in [0.25, 0.3) is 6.08 Å². The maximum Gasteiger partial charge on any atom is 0.415 e. The number of benzene rings is 2. The number of ether oxygens (including phenoxy) is 3. The molecule has 0 unspecified atom stereocenters. The van der Waals surface area contributed by atoms with Crippen LogP contribution in [0.1, 0.15) is 29.8 Å². The molecular weight excluding hydrogens is 396 g/mol. The Hall–Kier alpha value is -3.32. The molecule has 0 spiro atoms. The third-order valence-corrected chi connectivity index (χ3v) is 4.85. The van der Waals surface area contributed by atoms with Gasteiger partial charge in [-0.05, 0) is 63.8 Å². The number of ketones is 1. The van der Waals surface area contributed by atoms with Crippen molar-refractivity contribution in [2.24, 2.45) is 0 Å². The summed E-state index contributed by atoms with van der Waals surface area (Å²) >= 11 is 0. The summed E-state index contributed by atoms with van der Waals surface area (Å²) in [5.74, 6) is 1.51. The fraction of sp³-hybridized carbons (Fsp3) is 0.333. The molecule has 2 aromatic rings. The Morgan fingerprint density at radius 1 is 1.03 bits per heavy atom. The standard InChI is InChI=1S/C24H28N2O5/c1-5-26(6-2)24(28)30-19-11-12-20-21(16-19)31-22(23(20)27)15-17-7-9-18(10-8-17)29-14-13-25(3)4/h7-12,15-16H,5-6,13-14H2,1-4H3/b22-15-. The van der Waals surface area contributed by atoms with E-state index in [0.29, 0.717) is 36.8 Å². The number of amides is 1. The van der Waals surface area contributed by atoms with Crippen molar-refractivity contribution in [3.05, 3.63) is 59.4 Å². The lowest BCUT2D eigenvalue weighted by atomic mass is 10.1. The van der Waals surface area contributed by atoms with E-state index in [9.17, 15) is 9.59 Å². The Bertz CT molecular complexity index is 962. The van der Waals surface area contributed by atoms with Crippen LogP contribution in [0.5, 0.6) is 17.2 Å². The van der Waals surface area contributed by atoms with Crippen molar-refractivity contribution in [3.63, 3.8) is 0 Å². The molecule has 31 heavy (non-hydrogen) atoms. The zero-order valence-electron chi connectivity index (χ0n) is 18.4. The van der Waals surface area contributed by atoms with Crippen LogP contribution < -0.4 is 14.2 Å². The second-order valence-electron chi connectivity index (χ2n) is 7.36. The minimum absolute atomic E-state index is 0.206. The summed E-state index contributed by atoms with van der Waals surface area (Å²) < 4.78 is 16.8. The summed E-state index contributed by atoms with van der Waals surface area (Å²) in [6, 6.07) is 12.2. The number of hydrogen-bond acceptors (Lipinski definition) is 6. The number of carbonyl (C=O) groups excluding carboxylic acids is 2. The van der Waals surface area contributed by atoms with Gasteiger partial charge in [-0.2, -0.15) is 0 Å². The van der Waals surface area contributed by atoms with Gasteiger partial charge < -0.3 is 24.0 Å². The molecule has 1 heterocycles. The van der Waals surface area contributed by atoms with E-state index in [2.05, 4.69) is 4.90 Å². The summed E-state index contributed by atoms with van der Waals surface area (Å²) in [6.45, 7) is 6.32. The summed E-state index contributed by atoms with van der Waals surface area (Å²) in [5.41, 5.74) is 1.27. The summed E-state index contributed by atoms with van der Waals surface area (Å²) in [4.78, 5) is 28.4. The minimum atomic E-state index is -0.432. The molecule has 7 nitrogen and oxygen atoms in total. The first kappa shape index (κ1) is 22.4. The van der Waals surface area contributed by atoms with Crippen LogP contribution in [0, 0.1) is 0 Å². The first-order chi connectivity index (χ1) is 14.9. The highest BCUT2D eigenvalue weighted by Crippen LogP contribution is 2.35. The van der Waals surface area contributed by atoms with Crippen LogP contribution in [0.2, 0.25) is 0 Å². The maximum atomic E-state index is 12.7. The second kappa shape index (κ2) is 10.1. The maximum absolute atomic E-state index is 12.7. The molecule has 0 saturated heterocycles. The predicted molar refractivity (Wildman–Crippen MR) is 119 cm³/mol. The molecule has 0 bridgehead atoms. The Morgan fingerprint density at radius 2 is 1.71 bits per heavy atom. The van der Waals surface area contributed by atoms with Crippen LogP contribution in [-0.2, 0) is 0 Å². The number of allylic oxidation sites excluding steroid dienone is 1. The van der Waals surface area contributed by atoms with Gasteiger partial charge in [0.15, 0.2) is 5.76 Å². The molecule has 0 saturated carbocycles. The van der Waals surface area contributed by atoms with Crippen molar-refractivity contribution >= 4 is 18.0 Å². The fourth-order valence-corrected chi connectivity index (χ4v) is 3.04. The average molecular weight is 424 g/mol. The highest BCUT2D eigenvalue weighted by Gasteiger charge is 2.28. The van der Waals surface area contributed by atoms with Crippen molar-refractivity contribution in [2.75, 3.05) is 40.3 Å². The highest BCUT2D eigenvalue weighted by molar-refractivity contribution is 6.14. The first-order valence-corrected chi connectivity index (χ1v) is 10.3. The topological polar surface area (TPSA) is 68.3 Å². The lowest BCUT2D eigenvalue weighted by molar-refractivity contribution is 0.101.